The molecule has 0 amide bonds. The van der Waals surface area contributed by atoms with Gasteiger partial charge in [0.2, 0.25) is 0 Å². The summed E-state index contributed by atoms with van der Waals surface area (Å²) in [7, 11) is 0. The van der Waals surface area contributed by atoms with Gasteiger partial charge in [-0.15, -0.1) is 0 Å². The van der Waals surface area contributed by atoms with Crippen LogP contribution in [-0.2, 0) is 6.54 Å². The number of hydrogen-bond acceptors (Lipinski definition) is 3. The summed E-state index contributed by atoms with van der Waals surface area (Å²) >= 11 is 0. The molecule has 0 bridgehead atoms. The summed E-state index contributed by atoms with van der Waals surface area (Å²) in [5.74, 6) is 1.85. The number of furan rings is 1. The van der Waals surface area contributed by atoms with Gasteiger partial charge in [0, 0.05) is 24.1 Å². The van der Waals surface area contributed by atoms with E-state index in [9.17, 15) is 5.11 Å². The van der Waals surface area contributed by atoms with E-state index in [-0.39, 0.29) is 12.0 Å². The van der Waals surface area contributed by atoms with Crippen LogP contribution in [0.15, 0.2) is 40.8 Å². The molecule has 2 N–H and O–H groups in total. The Hall–Kier alpha value is -1.58. The van der Waals surface area contributed by atoms with Crippen LogP contribution in [0, 0.1) is 12.3 Å². The molecule has 106 valence electrons. The van der Waals surface area contributed by atoms with Crippen molar-refractivity contribution in [3.63, 3.8) is 0 Å². The first-order chi connectivity index (χ1) is 9.71. The zero-order chi connectivity index (χ0) is 14.0. The Balaban J connectivity index is 1.58. The minimum Gasteiger partial charge on any atom is -0.460 e. The molecule has 3 rings (SSSR count). The summed E-state index contributed by atoms with van der Waals surface area (Å²) in [6.45, 7) is 3.95. The number of benzene rings is 1. The standard InChI is InChI=1S/C17H21NO2/c1-13-2-4-14(5-3-13)16-7-6-15(20-16)10-18-11-17(12-19)8-9-17/h2-7,18-19H,8-12H2,1H3. The summed E-state index contributed by atoms with van der Waals surface area (Å²) in [6, 6.07) is 12.4. The van der Waals surface area contributed by atoms with Crippen LogP contribution in [0.1, 0.15) is 24.2 Å². The van der Waals surface area contributed by atoms with Gasteiger partial charge in [-0.25, -0.2) is 0 Å². The van der Waals surface area contributed by atoms with Crippen molar-refractivity contribution in [3.8, 4) is 11.3 Å². The third-order valence-corrected chi connectivity index (χ3v) is 4.09. The third-order valence-electron chi connectivity index (χ3n) is 4.09. The zero-order valence-electron chi connectivity index (χ0n) is 11.9. The number of aliphatic hydroxyl groups is 1. The predicted octanol–water partition coefficient (Wildman–Crippen LogP) is 3.12. The lowest BCUT2D eigenvalue weighted by Crippen LogP contribution is -2.25. The largest absolute Gasteiger partial charge is 0.460 e. The monoisotopic (exact) mass is 271 g/mol. The number of rotatable bonds is 6. The maximum atomic E-state index is 9.27. The lowest BCUT2D eigenvalue weighted by atomic mass is 10.1. The van der Waals surface area contributed by atoms with Gasteiger partial charge >= 0.3 is 0 Å². The van der Waals surface area contributed by atoms with E-state index in [1.165, 1.54) is 5.56 Å². The maximum absolute atomic E-state index is 9.27. The second kappa shape index (κ2) is 5.43. The first-order valence-electron chi connectivity index (χ1n) is 7.18. The van der Waals surface area contributed by atoms with Crippen molar-refractivity contribution in [2.45, 2.75) is 26.3 Å². The first-order valence-corrected chi connectivity index (χ1v) is 7.18. The van der Waals surface area contributed by atoms with Crippen molar-refractivity contribution < 1.29 is 9.52 Å². The number of hydrogen-bond donors (Lipinski definition) is 2. The molecule has 1 aliphatic carbocycles. The summed E-state index contributed by atoms with van der Waals surface area (Å²) in [4.78, 5) is 0. The zero-order valence-corrected chi connectivity index (χ0v) is 11.9. The molecule has 1 aromatic heterocycles. The van der Waals surface area contributed by atoms with Gasteiger partial charge in [0.05, 0.1) is 6.54 Å². The van der Waals surface area contributed by atoms with Crippen LogP contribution < -0.4 is 5.32 Å². The highest BCUT2D eigenvalue weighted by atomic mass is 16.3. The number of aliphatic hydroxyl groups excluding tert-OH is 1. The first kappa shape index (κ1) is 13.4. The Morgan fingerprint density at radius 3 is 2.55 bits per heavy atom. The Bertz CT molecular complexity index is 567. The van der Waals surface area contributed by atoms with Gasteiger partial charge in [-0.3, -0.25) is 0 Å². The van der Waals surface area contributed by atoms with E-state index in [0.717, 1.165) is 36.5 Å². The van der Waals surface area contributed by atoms with Crippen LogP contribution >= 0.6 is 0 Å². The molecule has 1 aliphatic rings. The van der Waals surface area contributed by atoms with E-state index in [1.54, 1.807) is 0 Å². The van der Waals surface area contributed by atoms with E-state index in [0.29, 0.717) is 6.54 Å². The summed E-state index contributed by atoms with van der Waals surface area (Å²) in [6.07, 6.45) is 2.26. The second-order valence-corrected chi connectivity index (χ2v) is 5.89. The van der Waals surface area contributed by atoms with E-state index >= 15 is 0 Å². The van der Waals surface area contributed by atoms with Crippen LogP contribution in [0.3, 0.4) is 0 Å². The van der Waals surface area contributed by atoms with Crippen molar-refractivity contribution in [2.24, 2.45) is 5.41 Å². The van der Waals surface area contributed by atoms with Gasteiger partial charge in [-0.2, -0.15) is 0 Å². The van der Waals surface area contributed by atoms with Crippen LogP contribution in [0.4, 0.5) is 0 Å². The molecule has 0 atom stereocenters. The minimum absolute atomic E-state index is 0.145. The Morgan fingerprint density at radius 2 is 1.90 bits per heavy atom. The van der Waals surface area contributed by atoms with Gasteiger partial charge in [0.15, 0.2) is 0 Å². The number of nitrogens with one attached hydrogen (secondary N) is 1. The maximum Gasteiger partial charge on any atom is 0.134 e. The van der Waals surface area contributed by atoms with Crippen molar-refractivity contribution in [3.05, 3.63) is 47.7 Å². The summed E-state index contributed by atoms with van der Waals surface area (Å²) in [5, 5.41) is 12.6. The highest BCUT2D eigenvalue weighted by Crippen LogP contribution is 2.44. The molecule has 20 heavy (non-hydrogen) atoms. The molecule has 1 heterocycles. The van der Waals surface area contributed by atoms with E-state index in [1.807, 2.05) is 12.1 Å². The van der Waals surface area contributed by atoms with Crippen molar-refractivity contribution in [1.29, 1.82) is 0 Å². The SMILES string of the molecule is Cc1ccc(-c2ccc(CNCC3(CO)CC3)o2)cc1. The lowest BCUT2D eigenvalue weighted by molar-refractivity contribution is 0.206. The summed E-state index contributed by atoms with van der Waals surface area (Å²) < 4.78 is 5.85. The van der Waals surface area contributed by atoms with Gasteiger partial charge in [-0.1, -0.05) is 29.8 Å². The van der Waals surface area contributed by atoms with E-state index < -0.39 is 0 Å². The molecule has 1 saturated carbocycles. The van der Waals surface area contributed by atoms with Crippen LogP contribution in [0.2, 0.25) is 0 Å². The van der Waals surface area contributed by atoms with Crippen LogP contribution in [0.25, 0.3) is 11.3 Å². The molecule has 1 aromatic carbocycles. The lowest BCUT2D eigenvalue weighted by Gasteiger charge is -2.11. The van der Waals surface area contributed by atoms with Gasteiger partial charge in [-0.05, 0) is 31.9 Å². The average Bonchev–Trinajstić information content (AvgIpc) is 3.09. The molecule has 3 nitrogen and oxygen atoms in total. The molecular formula is C17H21NO2. The fraction of sp³-hybridized carbons (Fsp3) is 0.412. The highest BCUT2D eigenvalue weighted by Gasteiger charge is 2.41. The Morgan fingerprint density at radius 1 is 1.15 bits per heavy atom. The molecule has 0 saturated heterocycles. The molecule has 2 aromatic rings. The van der Waals surface area contributed by atoms with Crippen molar-refractivity contribution in [2.75, 3.05) is 13.2 Å². The quantitative estimate of drug-likeness (QED) is 0.848. The highest BCUT2D eigenvalue weighted by molar-refractivity contribution is 5.57. The molecule has 0 spiro atoms. The predicted molar refractivity (Wildman–Crippen MR) is 79.3 cm³/mol. The molecule has 0 radical (unpaired) electrons. The van der Waals surface area contributed by atoms with E-state index in [2.05, 4.69) is 36.5 Å². The second-order valence-electron chi connectivity index (χ2n) is 5.89. The van der Waals surface area contributed by atoms with Gasteiger partial charge < -0.3 is 14.8 Å². The fourth-order valence-electron chi connectivity index (χ4n) is 2.36. The van der Waals surface area contributed by atoms with Gasteiger partial charge in [0.1, 0.15) is 11.5 Å². The molecule has 3 heteroatoms. The molecule has 0 aliphatic heterocycles. The summed E-state index contributed by atoms with van der Waals surface area (Å²) in [5.41, 5.74) is 2.50. The van der Waals surface area contributed by atoms with Crippen molar-refractivity contribution in [1.82, 2.24) is 5.32 Å². The topological polar surface area (TPSA) is 45.4 Å². The fourth-order valence-corrected chi connectivity index (χ4v) is 2.36. The van der Waals surface area contributed by atoms with Crippen LogP contribution in [-0.4, -0.2) is 18.3 Å². The Labute approximate surface area is 119 Å². The van der Waals surface area contributed by atoms with Crippen molar-refractivity contribution >= 4 is 0 Å². The normalized spacial score (nSPS) is 16.3. The van der Waals surface area contributed by atoms with Gasteiger partial charge in [0.25, 0.3) is 0 Å². The van der Waals surface area contributed by atoms with E-state index in [4.69, 9.17) is 4.42 Å². The average molecular weight is 271 g/mol. The minimum atomic E-state index is 0.145. The smallest absolute Gasteiger partial charge is 0.134 e. The molecule has 1 fully saturated rings. The molecular weight excluding hydrogens is 250 g/mol. The third kappa shape index (κ3) is 2.94. The Kier molecular flexibility index (Phi) is 3.64. The molecule has 0 unspecified atom stereocenters. The van der Waals surface area contributed by atoms with Crippen LogP contribution in [0.5, 0.6) is 0 Å². The number of aryl methyl sites for hydroxylation is 1.